The third kappa shape index (κ3) is 2.55. The van der Waals surface area contributed by atoms with Gasteiger partial charge in [-0.15, -0.1) is 0 Å². The van der Waals surface area contributed by atoms with Gasteiger partial charge in [0, 0.05) is 18.0 Å². The number of hydrogen-bond donors (Lipinski definition) is 0. The van der Waals surface area contributed by atoms with Gasteiger partial charge in [-0.05, 0) is 24.1 Å². The molecule has 0 N–H and O–H groups in total. The Kier molecular flexibility index (Phi) is 4.95. The van der Waals surface area contributed by atoms with E-state index in [0.717, 1.165) is 17.3 Å². The molecule has 2 rings (SSSR count). The highest BCUT2D eigenvalue weighted by Gasteiger charge is 2.13. The quantitative estimate of drug-likeness (QED) is 0.760. The molecule has 0 fully saturated rings. The Hall–Kier alpha value is -1.77. The number of aromatic nitrogens is 1. The molecule has 0 radical (unpaired) electrons. The molecule has 18 heavy (non-hydrogen) atoms. The first-order valence-corrected chi connectivity index (χ1v) is 6.34. The van der Waals surface area contributed by atoms with Crippen molar-refractivity contribution >= 4 is 16.9 Å². The molecule has 0 bridgehead atoms. The van der Waals surface area contributed by atoms with Crippen LogP contribution in [0.5, 0.6) is 0 Å². The van der Waals surface area contributed by atoms with Gasteiger partial charge in [0.2, 0.25) is 0 Å². The first kappa shape index (κ1) is 14.3. The third-order valence-corrected chi connectivity index (χ3v) is 2.91. The number of ether oxygens (including phenoxy) is 1. The molecule has 3 heteroatoms. The van der Waals surface area contributed by atoms with E-state index in [4.69, 9.17) is 4.74 Å². The predicted octanol–water partition coefficient (Wildman–Crippen LogP) is 3.55. The number of methoxy groups -OCH3 is 1. The zero-order valence-electron chi connectivity index (χ0n) is 11.8. The van der Waals surface area contributed by atoms with Gasteiger partial charge in [-0.1, -0.05) is 32.9 Å². The normalized spacial score (nSPS) is 9.83. The lowest BCUT2D eigenvalue weighted by Crippen LogP contribution is -2.06. The van der Waals surface area contributed by atoms with Crippen LogP contribution in [0.4, 0.5) is 0 Å². The molecule has 0 aliphatic heterocycles. The summed E-state index contributed by atoms with van der Waals surface area (Å²) in [4.78, 5) is 11.5. The van der Waals surface area contributed by atoms with Crippen molar-refractivity contribution in [3.63, 3.8) is 0 Å². The summed E-state index contributed by atoms with van der Waals surface area (Å²) in [6.07, 6.45) is 0.995. The zero-order chi connectivity index (χ0) is 13.7. The third-order valence-electron chi connectivity index (χ3n) is 2.91. The van der Waals surface area contributed by atoms with E-state index < -0.39 is 0 Å². The van der Waals surface area contributed by atoms with Crippen LogP contribution in [0.25, 0.3) is 10.9 Å². The number of aryl methyl sites for hydroxylation is 2. The summed E-state index contributed by atoms with van der Waals surface area (Å²) in [7, 11) is 3.28. The molecule has 98 valence electrons. The maximum atomic E-state index is 11.5. The topological polar surface area (TPSA) is 31.2 Å². The van der Waals surface area contributed by atoms with Crippen LogP contribution >= 0.6 is 0 Å². The van der Waals surface area contributed by atoms with E-state index in [2.05, 4.69) is 19.1 Å². The predicted molar refractivity (Wildman–Crippen MR) is 75.0 cm³/mol. The van der Waals surface area contributed by atoms with Gasteiger partial charge in [0.05, 0.1) is 7.11 Å². The van der Waals surface area contributed by atoms with Gasteiger partial charge in [-0.25, -0.2) is 4.79 Å². The summed E-state index contributed by atoms with van der Waals surface area (Å²) in [5, 5.41) is 1.07. The van der Waals surface area contributed by atoms with Crippen molar-refractivity contribution in [1.29, 1.82) is 0 Å². The number of fused-ring (bicyclic) bond motifs is 1. The fraction of sp³-hybridized carbons (Fsp3) is 0.400. The highest BCUT2D eigenvalue weighted by Crippen LogP contribution is 2.21. The van der Waals surface area contributed by atoms with Gasteiger partial charge in [-0.2, -0.15) is 0 Å². The summed E-state index contributed by atoms with van der Waals surface area (Å²) in [5.74, 6) is -0.295. The average molecular weight is 247 g/mol. The number of carbonyl (C=O) groups is 1. The molecule has 0 atom stereocenters. The van der Waals surface area contributed by atoms with E-state index in [1.165, 1.54) is 12.7 Å². The Morgan fingerprint density at radius 2 is 1.94 bits per heavy atom. The first-order chi connectivity index (χ1) is 8.67. The molecule has 1 aromatic carbocycles. The molecule has 0 aliphatic carbocycles. The number of hydrogen-bond acceptors (Lipinski definition) is 2. The lowest BCUT2D eigenvalue weighted by molar-refractivity contribution is 0.0590. The minimum atomic E-state index is -0.295. The maximum Gasteiger partial charge on any atom is 0.354 e. The minimum absolute atomic E-state index is 0.295. The van der Waals surface area contributed by atoms with Gasteiger partial charge < -0.3 is 9.30 Å². The van der Waals surface area contributed by atoms with Crippen molar-refractivity contribution in [2.45, 2.75) is 27.2 Å². The summed E-state index contributed by atoms with van der Waals surface area (Å²) in [5.41, 5.74) is 2.93. The maximum absolute atomic E-state index is 11.5. The van der Waals surface area contributed by atoms with Crippen molar-refractivity contribution in [3.05, 3.63) is 35.5 Å². The van der Waals surface area contributed by atoms with Gasteiger partial charge in [0.15, 0.2) is 0 Å². The second-order valence-corrected chi connectivity index (χ2v) is 3.83. The van der Waals surface area contributed by atoms with E-state index in [0.29, 0.717) is 5.69 Å². The molecular formula is C15H21NO2. The van der Waals surface area contributed by atoms with Crippen molar-refractivity contribution in [3.8, 4) is 0 Å². The number of carbonyl (C=O) groups excluding carboxylic acids is 1. The Bertz CT molecular complexity index is 541. The lowest BCUT2D eigenvalue weighted by atomic mass is 10.1. The minimum Gasteiger partial charge on any atom is -0.464 e. The Morgan fingerprint density at radius 3 is 2.50 bits per heavy atom. The van der Waals surface area contributed by atoms with Crippen LogP contribution in [0, 0.1) is 0 Å². The lowest BCUT2D eigenvalue weighted by Gasteiger charge is -2.02. The average Bonchev–Trinajstić information content (AvgIpc) is 2.77. The Balaban J connectivity index is 0.000000771. The molecule has 0 saturated heterocycles. The molecule has 0 spiro atoms. The number of esters is 1. The molecule has 1 aromatic heterocycles. The number of nitrogens with zero attached hydrogens (tertiary/aromatic N) is 1. The fourth-order valence-electron chi connectivity index (χ4n) is 1.90. The molecule has 0 amide bonds. The van der Waals surface area contributed by atoms with E-state index in [9.17, 15) is 4.79 Å². The first-order valence-electron chi connectivity index (χ1n) is 6.34. The molecule has 2 aromatic rings. The largest absolute Gasteiger partial charge is 0.464 e. The molecular weight excluding hydrogens is 226 g/mol. The summed E-state index contributed by atoms with van der Waals surface area (Å²) >= 11 is 0. The van der Waals surface area contributed by atoms with Crippen LogP contribution in [0.1, 0.15) is 36.8 Å². The van der Waals surface area contributed by atoms with Crippen LogP contribution < -0.4 is 0 Å². The van der Waals surface area contributed by atoms with E-state index >= 15 is 0 Å². The van der Waals surface area contributed by atoms with Gasteiger partial charge in [-0.3, -0.25) is 0 Å². The highest BCUT2D eigenvalue weighted by molar-refractivity contribution is 5.95. The SMILES string of the molecule is CC.CCc1ccc2cc(C(=O)OC)n(C)c2c1. The summed E-state index contributed by atoms with van der Waals surface area (Å²) < 4.78 is 6.62. The second-order valence-electron chi connectivity index (χ2n) is 3.83. The van der Waals surface area contributed by atoms with E-state index in [1.54, 1.807) is 0 Å². The van der Waals surface area contributed by atoms with Crippen molar-refractivity contribution in [2.24, 2.45) is 7.05 Å². The van der Waals surface area contributed by atoms with Crippen LogP contribution in [0.3, 0.4) is 0 Å². The molecule has 0 aliphatic rings. The highest BCUT2D eigenvalue weighted by atomic mass is 16.5. The van der Waals surface area contributed by atoms with Crippen LogP contribution in [0.15, 0.2) is 24.3 Å². The Morgan fingerprint density at radius 1 is 1.28 bits per heavy atom. The van der Waals surface area contributed by atoms with Crippen molar-refractivity contribution in [2.75, 3.05) is 7.11 Å². The molecule has 1 heterocycles. The monoisotopic (exact) mass is 247 g/mol. The van der Waals surface area contributed by atoms with Crippen LogP contribution in [-0.2, 0) is 18.2 Å². The van der Waals surface area contributed by atoms with Crippen LogP contribution in [-0.4, -0.2) is 17.6 Å². The summed E-state index contributed by atoms with van der Waals surface area (Å²) in [6, 6.07) is 8.10. The second kappa shape index (κ2) is 6.24. The standard InChI is InChI=1S/C13H15NO2.C2H6/c1-4-9-5-6-10-8-12(13(15)16-3)14(2)11(10)7-9;1-2/h5-8H,4H2,1-3H3;1-2H3. The fourth-order valence-corrected chi connectivity index (χ4v) is 1.90. The van der Waals surface area contributed by atoms with E-state index in [1.807, 2.05) is 37.6 Å². The Labute approximate surface area is 108 Å². The van der Waals surface area contributed by atoms with E-state index in [-0.39, 0.29) is 5.97 Å². The van der Waals surface area contributed by atoms with Gasteiger partial charge in [0.1, 0.15) is 5.69 Å². The smallest absolute Gasteiger partial charge is 0.354 e. The molecule has 0 saturated carbocycles. The number of benzene rings is 1. The summed E-state index contributed by atoms with van der Waals surface area (Å²) in [6.45, 7) is 6.12. The molecule has 0 unspecified atom stereocenters. The van der Waals surface area contributed by atoms with Crippen molar-refractivity contribution in [1.82, 2.24) is 4.57 Å². The van der Waals surface area contributed by atoms with Crippen LogP contribution in [0.2, 0.25) is 0 Å². The molecule has 3 nitrogen and oxygen atoms in total. The van der Waals surface area contributed by atoms with Crippen molar-refractivity contribution < 1.29 is 9.53 Å². The van der Waals surface area contributed by atoms with Gasteiger partial charge in [0.25, 0.3) is 0 Å². The number of rotatable bonds is 2. The zero-order valence-corrected chi connectivity index (χ0v) is 11.8. The van der Waals surface area contributed by atoms with Gasteiger partial charge >= 0.3 is 5.97 Å².